The maximum absolute atomic E-state index is 13.1. The van der Waals surface area contributed by atoms with Gasteiger partial charge in [0.05, 0.1) is 12.5 Å². The molecule has 148 valence electrons. The number of thiophene rings is 1. The molecule has 2 fully saturated rings. The van der Waals surface area contributed by atoms with E-state index in [4.69, 9.17) is 4.74 Å². The van der Waals surface area contributed by atoms with E-state index in [1.165, 1.54) is 0 Å². The molecule has 5 nitrogen and oxygen atoms in total. The summed E-state index contributed by atoms with van der Waals surface area (Å²) in [5, 5.41) is 5.11. The minimum absolute atomic E-state index is 0.0134. The second-order valence-corrected chi connectivity index (χ2v) is 8.91. The molecule has 2 aromatic rings. The fourth-order valence-electron chi connectivity index (χ4n) is 4.36. The Hall–Kier alpha value is -2.18. The van der Waals surface area contributed by atoms with Gasteiger partial charge in [0.2, 0.25) is 5.91 Å². The van der Waals surface area contributed by atoms with Crippen molar-refractivity contribution in [3.05, 3.63) is 57.8 Å². The molecule has 28 heavy (non-hydrogen) atoms. The molecule has 6 heteroatoms. The van der Waals surface area contributed by atoms with Crippen LogP contribution in [0.15, 0.2) is 41.8 Å². The van der Waals surface area contributed by atoms with Gasteiger partial charge in [-0.2, -0.15) is 0 Å². The fourth-order valence-corrected chi connectivity index (χ4v) is 5.00. The van der Waals surface area contributed by atoms with Crippen molar-refractivity contribution < 1.29 is 14.3 Å². The normalized spacial score (nSPS) is 21.0. The predicted molar refractivity (Wildman–Crippen MR) is 109 cm³/mol. The zero-order valence-electron chi connectivity index (χ0n) is 16.1. The number of benzene rings is 1. The number of hydrogen-bond acceptors (Lipinski definition) is 4. The number of nitrogens with one attached hydrogen (secondary N) is 1. The van der Waals surface area contributed by atoms with Gasteiger partial charge >= 0.3 is 0 Å². The average Bonchev–Trinajstić information content (AvgIpc) is 3.35. The van der Waals surface area contributed by atoms with E-state index in [0.717, 1.165) is 23.3 Å². The van der Waals surface area contributed by atoms with E-state index >= 15 is 0 Å². The molecule has 0 bridgehead atoms. The van der Waals surface area contributed by atoms with Gasteiger partial charge in [0, 0.05) is 42.2 Å². The van der Waals surface area contributed by atoms with Crippen LogP contribution in [0.5, 0.6) is 0 Å². The molecule has 0 aliphatic carbocycles. The minimum Gasteiger partial charge on any atom is -0.381 e. The first-order chi connectivity index (χ1) is 13.6. The van der Waals surface area contributed by atoms with Crippen LogP contribution in [0.4, 0.5) is 0 Å². The summed E-state index contributed by atoms with van der Waals surface area (Å²) < 4.78 is 5.56. The quantitative estimate of drug-likeness (QED) is 0.860. The molecule has 1 N–H and O–H groups in total. The third-order valence-corrected chi connectivity index (χ3v) is 6.93. The van der Waals surface area contributed by atoms with Crippen molar-refractivity contribution in [1.82, 2.24) is 10.2 Å². The lowest BCUT2D eigenvalue weighted by Gasteiger charge is -2.37. The first kappa shape index (κ1) is 19.2. The zero-order chi connectivity index (χ0) is 19.6. The standard InChI is InChI=1S/C22H26N2O3S/c1-16-4-6-17(7-5-16)21(26)24-14-19(22(15-24)8-10-27-11-9-22)20(25)23-13-18-3-2-12-28-18/h2-7,12,19H,8-11,13-15H2,1H3,(H,23,25). The third-order valence-electron chi connectivity index (χ3n) is 6.06. The van der Waals surface area contributed by atoms with Crippen LogP contribution in [0.1, 0.15) is 33.6 Å². The summed E-state index contributed by atoms with van der Waals surface area (Å²) in [5.41, 5.74) is 1.63. The van der Waals surface area contributed by atoms with Gasteiger partial charge < -0.3 is 15.0 Å². The summed E-state index contributed by atoms with van der Waals surface area (Å²) in [6.45, 7) is 4.96. The van der Waals surface area contributed by atoms with Crippen molar-refractivity contribution >= 4 is 23.2 Å². The highest BCUT2D eigenvalue weighted by Crippen LogP contribution is 2.44. The Morgan fingerprint density at radius 1 is 1.21 bits per heavy atom. The molecule has 1 aromatic carbocycles. The Labute approximate surface area is 169 Å². The minimum atomic E-state index is -0.189. The lowest BCUT2D eigenvalue weighted by Crippen LogP contribution is -2.44. The van der Waals surface area contributed by atoms with Gasteiger partial charge in [-0.05, 0) is 43.3 Å². The maximum Gasteiger partial charge on any atom is 0.253 e. The van der Waals surface area contributed by atoms with Crippen molar-refractivity contribution in [2.45, 2.75) is 26.3 Å². The summed E-state index contributed by atoms with van der Waals surface area (Å²) >= 11 is 1.64. The van der Waals surface area contributed by atoms with E-state index in [1.807, 2.05) is 53.6 Å². The highest BCUT2D eigenvalue weighted by atomic mass is 32.1. The number of nitrogens with zero attached hydrogens (tertiary/aromatic N) is 1. The number of ether oxygens (including phenoxy) is 1. The Morgan fingerprint density at radius 2 is 1.96 bits per heavy atom. The number of aryl methyl sites for hydroxylation is 1. The van der Waals surface area contributed by atoms with Gasteiger partial charge in [-0.3, -0.25) is 9.59 Å². The number of carbonyl (C=O) groups excluding carboxylic acids is 2. The van der Waals surface area contributed by atoms with Crippen LogP contribution in [0.2, 0.25) is 0 Å². The van der Waals surface area contributed by atoms with Gasteiger partial charge in [-0.1, -0.05) is 23.8 Å². The monoisotopic (exact) mass is 398 g/mol. The summed E-state index contributed by atoms with van der Waals surface area (Å²) in [6.07, 6.45) is 1.64. The Balaban J connectivity index is 1.51. The highest BCUT2D eigenvalue weighted by Gasteiger charge is 2.51. The second-order valence-electron chi connectivity index (χ2n) is 7.88. The molecule has 4 rings (SSSR count). The molecular weight excluding hydrogens is 372 g/mol. The fraction of sp³-hybridized carbons (Fsp3) is 0.455. The van der Waals surface area contributed by atoms with E-state index in [1.54, 1.807) is 11.3 Å². The number of amides is 2. The van der Waals surface area contributed by atoms with E-state index in [2.05, 4.69) is 5.32 Å². The zero-order valence-corrected chi connectivity index (χ0v) is 17.0. The van der Waals surface area contributed by atoms with Gasteiger partial charge in [0.15, 0.2) is 0 Å². The maximum atomic E-state index is 13.1. The first-order valence-corrected chi connectivity index (χ1v) is 10.7. The smallest absolute Gasteiger partial charge is 0.253 e. The van der Waals surface area contributed by atoms with Crippen LogP contribution in [0, 0.1) is 18.3 Å². The van der Waals surface area contributed by atoms with Crippen LogP contribution < -0.4 is 5.32 Å². The number of likely N-dealkylation sites (tertiary alicyclic amines) is 1. The number of carbonyl (C=O) groups is 2. The summed E-state index contributed by atoms with van der Waals surface area (Å²) in [6, 6.07) is 11.7. The SMILES string of the molecule is Cc1ccc(C(=O)N2CC(C(=O)NCc3cccs3)C3(CCOCC3)C2)cc1. The van der Waals surface area contributed by atoms with Crippen LogP contribution in [-0.4, -0.2) is 43.0 Å². The number of hydrogen-bond donors (Lipinski definition) is 1. The van der Waals surface area contributed by atoms with E-state index in [0.29, 0.717) is 38.4 Å². The molecule has 1 spiro atoms. The van der Waals surface area contributed by atoms with E-state index in [-0.39, 0.29) is 23.1 Å². The molecule has 2 amide bonds. The van der Waals surface area contributed by atoms with E-state index in [9.17, 15) is 9.59 Å². The highest BCUT2D eigenvalue weighted by molar-refractivity contribution is 7.09. The van der Waals surface area contributed by atoms with Crippen LogP contribution in [-0.2, 0) is 16.1 Å². The van der Waals surface area contributed by atoms with Crippen molar-refractivity contribution in [3.8, 4) is 0 Å². The van der Waals surface area contributed by atoms with Gasteiger partial charge in [0.25, 0.3) is 5.91 Å². The Morgan fingerprint density at radius 3 is 2.64 bits per heavy atom. The molecule has 2 aliphatic rings. The lowest BCUT2D eigenvalue weighted by atomic mass is 9.72. The Kier molecular flexibility index (Phi) is 5.51. The number of rotatable bonds is 4. The van der Waals surface area contributed by atoms with Crippen LogP contribution in [0.3, 0.4) is 0 Å². The molecule has 0 saturated carbocycles. The lowest BCUT2D eigenvalue weighted by molar-refractivity contribution is -0.130. The van der Waals surface area contributed by atoms with Gasteiger partial charge in [0.1, 0.15) is 0 Å². The second kappa shape index (κ2) is 8.05. The molecule has 2 saturated heterocycles. The van der Waals surface area contributed by atoms with E-state index < -0.39 is 0 Å². The summed E-state index contributed by atoms with van der Waals surface area (Å²) in [7, 11) is 0. The van der Waals surface area contributed by atoms with Crippen LogP contribution in [0.25, 0.3) is 0 Å². The third kappa shape index (κ3) is 3.84. The molecule has 1 aromatic heterocycles. The average molecular weight is 399 g/mol. The van der Waals surface area contributed by atoms with Gasteiger partial charge in [-0.25, -0.2) is 0 Å². The predicted octanol–water partition coefficient (Wildman–Crippen LogP) is 3.24. The topological polar surface area (TPSA) is 58.6 Å². The molecular formula is C22H26N2O3S. The molecule has 1 atom stereocenters. The van der Waals surface area contributed by atoms with Crippen molar-refractivity contribution in [2.75, 3.05) is 26.3 Å². The first-order valence-electron chi connectivity index (χ1n) is 9.81. The largest absolute Gasteiger partial charge is 0.381 e. The molecule has 3 heterocycles. The van der Waals surface area contributed by atoms with Gasteiger partial charge in [-0.15, -0.1) is 11.3 Å². The van der Waals surface area contributed by atoms with Crippen molar-refractivity contribution in [3.63, 3.8) is 0 Å². The summed E-state index contributed by atoms with van der Waals surface area (Å²) in [4.78, 5) is 29.1. The molecule has 0 radical (unpaired) electrons. The van der Waals surface area contributed by atoms with Crippen molar-refractivity contribution in [1.29, 1.82) is 0 Å². The Bertz CT molecular complexity index is 826. The molecule has 2 aliphatic heterocycles. The van der Waals surface area contributed by atoms with Crippen molar-refractivity contribution in [2.24, 2.45) is 11.3 Å². The van der Waals surface area contributed by atoms with Crippen LogP contribution >= 0.6 is 11.3 Å². The summed E-state index contributed by atoms with van der Waals surface area (Å²) in [5.74, 6) is -0.125. The molecule has 1 unspecified atom stereocenters.